The molecular weight excluding hydrogens is 595 g/mol. The van der Waals surface area contributed by atoms with E-state index in [1.165, 1.54) is 55.8 Å². The standard InChI is InChI=1S/C31H20Cl2N4O6/c1-42-28-16-20(8-14-27(28)43-29(38)15-9-19-6-11-22(12-7-19)37(40)41)18-34-36-30(23-13-10-21(32)17-25(23)33)35-26-5-3-2-4-24(26)31(36)39/h2-18H,1H3/b15-9+,34-18?. The van der Waals surface area contributed by atoms with Gasteiger partial charge in [0.2, 0.25) is 0 Å². The highest BCUT2D eigenvalue weighted by atomic mass is 35.5. The summed E-state index contributed by atoms with van der Waals surface area (Å²) in [6, 6.07) is 22.2. The number of carbonyl (C=O) groups is 1. The Hall–Kier alpha value is -5.32. The van der Waals surface area contributed by atoms with Crippen molar-refractivity contribution < 1.29 is 19.2 Å². The Morgan fingerprint density at radius 3 is 2.44 bits per heavy atom. The maximum Gasteiger partial charge on any atom is 0.336 e. The fourth-order valence-corrected chi connectivity index (χ4v) is 4.56. The number of nitro groups is 1. The van der Waals surface area contributed by atoms with Crippen LogP contribution in [-0.2, 0) is 4.79 Å². The predicted octanol–water partition coefficient (Wildman–Crippen LogP) is 6.79. The minimum Gasteiger partial charge on any atom is -0.493 e. The van der Waals surface area contributed by atoms with Crippen LogP contribution in [0.5, 0.6) is 11.5 Å². The van der Waals surface area contributed by atoms with E-state index >= 15 is 0 Å². The minimum absolute atomic E-state index is 0.0557. The van der Waals surface area contributed by atoms with Crippen molar-refractivity contribution in [2.75, 3.05) is 7.11 Å². The number of ether oxygens (including phenoxy) is 2. The first-order valence-electron chi connectivity index (χ1n) is 12.6. The summed E-state index contributed by atoms with van der Waals surface area (Å²) in [4.78, 5) is 40.8. The second kappa shape index (κ2) is 12.7. The molecule has 12 heteroatoms. The van der Waals surface area contributed by atoms with Crippen LogP contribution < -0.4 is 15.0 Å². The van der Waals surface area contributed by atoms with Crippen molar-refractivity contribution in [2.24, 2.45) is 5.10 Å². The molecule has 0 saturated heterocycles. The highest BCUT2D eigenvalue weighted by molar-refractivity contribution is 6.36. The van der Waals surface area contributed by atoms with Crippen LogP contribution in [-0.4, -0.2) is 33.9 Å². The Balaban J connectivity index is 1.42. The van der Waals surface area contributed by atoms with E-state index in [2.05, 4.69) is 10.1 Å². The molecule has 0 atom stereocenters. The second-order valence-corrected chi connectivity index (χ2v) is 9.80. The number of para-hydroxylation sites is 1. The molecule has 0 fully saturated rings. The molecule has 0 spiro atoms. The molecule has 0 bridgehead atoms. The molecule has 0 unspecified atom stereocenters. The summed E-state index contributed by atoms with van der Waals surface area (Å²) in [6.07, 6.45) is 4.10. The number of nitrogens with zero attached hydrogens (tertiary/aromatic N) is 4. The Morgan fingerprint density at radius 2 is 1.72 bits per heavy atom. The maximum atomic E-state index is 13.5. The molecule has 0 aliphatic heterocycles. The van der Waals surface area contributed by atoms with Crippen LogP contribution in [0.4, 0.5) is 5.69 Å². The molecule has 5 rings (SSSR count). The highest BCUT2D eigenvalue weighted by Gasteiger charge is 2.16. The third-order valence-electron chi connectivity index (χ3n) is 6.16. The van der Waals surface area contributed by atoms with Crippen LogP contribution in [0, 0.1) is 10.1 Å². The van der Waals surface area contributed by atoms with Crippen LogP contribution in [0.2, 0.25) is 10.0 Å². The number of non-ortho nitro benzene ring substituents is 1. The Labute approximate surface area is 254 Å². The topological polar surface area (TPSA) is 126 Å². The van der Waals surface area contributed by atoms with Gasteiger partial charge in [-0.3, -0.25) is 14.9 Å². The van der Waals surface area contributed by atoms with Gasteiger partial charge in [0.05, 0.1) is 34.2 Å². The Morgan fingerprint density at radius 1 is 0.977 bits per heavy atom. The second-order valence-electron chi connectivity index (χ2n) is 8.95. The van der Waals surface area contributed by atoms with E-state index in [4.69, 9.17) is 32.7 Å². The number of aromatic nitrogens is 2. The molecule has 43 heavy (non-hydrogen) atoms. The average molecular weight is 615 g/mol. The molecule has 0 aliphatic carbocycles. The lowest BCUT2D eigenvalue weighted by Gasteiger charge is -2.11. The molecule has 0 amide bonds. The third kappa shape index (κ3) is 6.61. The van der Waals surface area contributed by atoms with E-state index in [0.717, 1.165) is 4.68 Å². The van der Waals surface area contributed by atoms with Gasteiger partial charge in [-0.15, -0.1) is 0 Å². The third-order valence-corrected chi connectivity index (χ3v) is 6.71. The van der Waals surface area contributed by atoms with Crippen LogP contribution >= 0.6 is 23.2 Å². The summed E-state index contributed by atoms with van der Waals surface area (Å²) in [5.74, 6) is -0.0718. The number of fused-ring (bicyclic) bond motifs is 1. The summed E-state index contributed by atoms with van der Waals surface area (Å²) in [7, 11) is 1.42. The molecule has 214 valence electrons. The number of halogens is 2. The summed E-state index contributed by atoms with van der Waals surface area (Å²) < 4.78 is 12.0. The zero-order valence-corrected chi connectivity index (χ0v) is 23.8. The van der Waals surface area contributed by atoms with Gasteiger partial charge in [0.1, 0.15) is 0 Å². The first-order valence-corrected chi connectivity index (χ1v) is 13.3. The summed E-state index contributed by atoms with van der Waals surface area (Å²) in [5.41, 5.74) is 1.60. The van der Waals surface area contributed by atoms with E-state index in [9.17, 15) is 19.7 Å². The van der Waals surface area contributed by atoms with Gasteiger partial charge in [-0.2, -0.15) is 9.78 Å². The minimum atomic E-state index is -0.684. The lowest BCUT2D eigenvalue weighted by Crippen LogP contribution is -2.20. The molecule has 10 nitrogen and oxygen atoms in total. The monoisotopic (exact) mass is 614 g/mol. The van der Waals surface area contributed by atoms with Gasteiger partial charge < -0.3 is 9.47 Å². The number of esters is 1. The van der Waals surface area contributed by atoms with Gasteiger partial charge in [0, 0.05) is 28.8 Å². The number of benzene rings is 4. The molecule has 0 radical (unpaired) electrons. The molecule has 0 N–H and O–H groups in total. The number of methoxy groups -OCH3 is 1. The van der Waals surface area contributed by atoms with Gasteiger partial charge >= 0.3 is 5.97 Å². The lowest BCUT2D eigenvalue weighted by molar-refractivity contribution is -0.384. The van der Waals surface area contributed by atoms with Gasteiger partial charge in [0.15, 0.2) is 17.3 Å². The number of hydrogen-bond donors (Lipinski definition) is 0. The van der Waals surface area contributed by atoms with Crippen molar-refractivity contribution in [1.29, 1.82) is 0 Å². The molecule has 1 aromatic heterocycles. The van der Waals surface area contributed by atoms with Crippen molar-refractivity contribution in [3.8, 4) is 22.9 Å². The first kappa shape index (κ1) is 29.2. The number of nitro benzene ring substituents is 1. The maximum absolute atomic E-state index is 13.5. The van der Waals surface area contributed by atoms with E-state index in [0.29, 0.717) is 37.6 Å². The summed E-state index contributed by atoms with van der Waals surface area (Å²) in [5, 5.41) is 16.3. The predicted molar refractivity (Wildman–Crippen MR) is 165 cm³/mol. The van der Waals surface area contributed by atoms with E-state index < -0.39 is 16.5 Å². The van der Waals surface area contributed by atoms with Crippen molar-refractivity contribution in [3.63, 3.8) is 0 Å². The van der Waals surface area contributed by atoms with E-state index in [1.807, 2.05) is 0 Å². The normalized spacial score (nSPS) is 11.3. The lowest BCUT2D eigenvalue weighted by atomic mass is 10.2. The van der Waals surface area contributed by atoms with Crippen molar-refractivity contribution in [3.05, 3.63) is 133 Å². The Kier molecular flexibility index (Phi) is 8.61. The highest BCUT2D eigenvalue weighted by Crippen LogP contribution is 2.30. The van der Waals surface area contributed by atoms with Gasteiger partial charge in [-0.05, 0) is 77.9 Å². The fourth-order valence-electron chi connectivity index (χ4n) is 4.06. The summed E-state index contributed by atoms with van der Waals surface area (Å²) >= 11 is 12.5. The number of hydrogen-bond acceptors (Lipinski definition) is 8. The zero-order valence-electron chi connectivity index (χ0n) is 22.3. The fraction of sp³-hybridized carbons (Fsp3) is 0.0323. The molecule has 1 heterocycles. The van der Waals surface area contributed by atoms with Crippen LogP contribution in [0.3, 0.4) is 0 Å². The van der Waals surface area contributed by atoms with Crippen molar-refractivity contribution in [1.82, 2.24) is 9.66 Å². The van der Waals surface area contributed by atoms with Crippen LogP contribution in [0.15, 0.2) is 101 Å². The van der Waals surface area contributed by atoms with Crippen LogP contribution in [0.1, 0.15) is 11.1 Å². The largest absolute Gasteiger partial charge is 0.493 e. The molecule has 5 aromatic rings. The summed E-state index contributed by atoms with van der Waals surface area (Å²) in [6.45, 7) is 0. The SMILES string of the molecule is COc1cc(C=Nn2c(-c3ccc(Cl)cc3Cl)nc3ccccc3c2=O)ccc1OC(=O)/C=C/c1ccc([N+](=O)[O-])cc1. The van der Waals surface area contributed by atoms with Gasteiger partial charge in [-0.1, -0.05) is 35.3 Å². The van der Waals surface area contributed by atoms with Gasteiger partial charge in [-0.25, -0.2) is 9.78 Å². The molecular formula is C31H20Cl2N4O6. The number of carbonyl (C=O) groups excluding carboxylic acids is 1. The van der Waals surface area contributed by atoms with Crippen molar-refractivity contribution >= 4 is 58.1 Å². The molecule has 4 aromatic carbocycles. The zero-order chi connectivity index (χ0) is 30.5. The first-order chi connectivity index (χ1) is 20.7. The Bertz CT molecular complexity index is 1990. The van der Waals surface area contributed by atoms with Crippen molar-refractivity contribution in [2.45, 2.75) is 0 Å². The van der Waals surface area contributed by atoms with E-state index in [1.54, 1.807) is 54.6 Å². The quantitative estimate of drug-likeness (QED) is 0.0470. The average Bonchev–Trinajstić information content (AvgIpc) is 3.00. The number of rotatable bonds is 8. The van der Waals surface area contributed by atoms with Crippen LogP contribution in [0.25, 0.3) is 28.4 Å². The smallest absolute Gasteiger partial charge is 0.336 e. The van der Waals surface area contributed by atoms with Gasteiger partial charge in [0.25, 0.3) is 11.2 Å². The molecule has 0 saturated carbocycles. The van der Waals surface area contributed by atoms with E-state index in [-0.39, 0.29) is 23.0 Å². The molecule has 0 aliphatic rings.